The second-order valence-corrected chi connectivity index (χ2v) is 6.32. The van der Waals surface area contributed by atoms with Gasteiger partial charge in [-0.05, 0) is 24.3 Å². The van der Waals surface area contributed by atoms with Gasteiger partial charge in [-0.2, -0.15) is 13.2 Å². The van der Waals surface area contributed by atoms with E-state index in [4.69, 9.17) is 16.3 Å². The number of para-hydroxylation sites is 1. The molecule has 150 valence electrons. The summed E-state index contributed by atoms with van der Waals surface area (Å²) in [5.74, 6) is -1.83. The highest BCUT2D eigenvalue weighted by Crippen LogP contribution is 2.33. The molecule has 2 N–H and O–H groups in total. The number of aromatic nitrogens is 1. The third-order valence-electron chi connectivity index (χ3n) is 3.87. The summed E-state index contributed by atoms with van der Waals surface area (Å²) >= 11 is 5.80. The van der Waals surface area contributed by atoms with Crippen LogP contribution in [0.2, 0.25) is 5.02 Å². The minimum atomic E-state index is -4.61. The molecule has 10 heteroatoms. The number of ether oxygens (including phenoxy) is 1. The fourth-order valence-corrected chi connectivity index (χ4v) is 2.73. The second-order valence-electron chi connectivity index (χ2n) is 5.91. The van der Waals surface area contributed by atoms with E-state index in [1.54, 1.807) is 24.3 Å². The van der Waals surface area contributed by atoms with Crippen LogP contribution in [0.3, 0.4) is 0 Å². The monoisotopic (exact) mass is 424 g/mol. The number of fused-ring (bicyclic) bond motifs is 1. The van der Waals surface area contributed by atoms with E-state index in [-0.39, 0.29) is 16.3 Å². The largest absolute Gasteiger partial charge is 0.452 e. The Kier molecular flexibility index (Phi) is 5.60. The molecule has 0 aliphatic carbocycles. The van der Waals surface area contributed by atoms with E-state index < -0.39 is 35.8 Å². The first kappa shape index (κ1) is 20.4. The van der Waals surface area contributed by atoms with Crippen molar-refractivity contribution >= 4 is 40.1 Å². The Morgan fingerprint density at radius 2 is 1.83 bits per heavy atom. The van der Waals surface area contributed by atoms with Crippen LogP contribution in [0.25, 0.3) is 10.9 Å². The van der Waals surface area contributed by atoms with Crippen LogP contribution in [0.1, 0.15) is 15.9 Å². The van der Waals surface area contributed by atoms with Gasteiger partial charge >= 0.3 is 12.1 Å². The lowest BCUT2D eigenvalue weighted by molar-refractivity contribution is -0.137. The average Bonchev–Trinajstić information content (AvgIpc) is 2.66. The lowest BCUT2D eigenvalue weighted by Gasteiger charge is -2.12. The van der Waals surface area contributed by atoms with Gasteiger partial charge in [0.05, 0.1) is 21.8 Å². The Balaban J connectivity index is 1.72. The molecule has 0 saturated heterocycles. The summed E-state index contributed by atoms with van der Waals surface area (Å²) in [5.41, 5.74) is -1.44. The number of H-pyrrole nitrogens is 1. The van der Waals surface area contributed by atoms with Gasteiger partial charge < -0.3 is 15.0 Å². The maximum Gasteiger partial charge on any atom is 0.416 e. The predicted octanol–water partition coefficient (Wildman–Crippen LogP) is 4.00. The van der Waals surface area contributed by atoms with Crippen molar-refractivity contribution in [2.24, 2.45) is 0 Å². The van der Waals surface area contributed by atoms with Crippen molar-refractivity contribution in [1.82, 2.24) is 4.98 Å². The number of aromatic amines is 1. The average molecular weight is 425 g/mol. The molecule has 2 aromatic carbocycles. The smallest absolute Gasteiger partial charge is 0.416 e. The van der Waals surface area contributed by atoms with Crippen molar-refractivity contribution in [3.63, 3.8) is 0 Å². The number of halogens is 4. The molecule has 0 spiro atoms. The molecule has 0 aliphatic heterocycles. The van der Waals surface area contributed by atoms with Crippen molar-refractivity contribution in [2.75, 3.05) is 11.9 Å². The molecule has 1 aromatic heterocycles. The first-order chi connectivity index (χ1) is 13.6. The van der Waals surface area contributed by atoms with Gasteiger partial charge in [0.2, 0.25) is 5.56 Å². The molecule has 0 aliphatic rings. The molecule has 0 unspecified atom stereocenters. The minimum absolute atomic E-state index is 0.0470. The highest BCUT2D eigenvalue weighted by molar-refractivity contribution is 6.33. The second kappa shape index (κ2) is 7.96. The van der Waals surface area contributed by atoms with Gasteiger partial charge in [-0.3, -0.25) is 9.59 Å². The Morgan fingerprint density at radius 3 is 2.55 bits per heavy atom. The number of alkyl halides is 3. The molecular formula is C19H12ClF3N2O4. The quantitative estimate of drug-likeness (QED) is 0.620. The van der Waals surface area contributed by atoms with Crippen LogP contribution in [0.4, 0.5) is 18.9 Å². The van der Waals surface area contributed by atoms with Crippen molar-refractivity contribution in [3.8, 4) is 0 Å². The van der Waals surface area contributed by atoms with Crippen LogP contribution in [-0.2, 0) is 15.7 Å². The first-order valence-corrected chi connectivity index (χ1v) is 8.49. The minimum Gasteiger partial charge on any atom is -0.452 e. The molecule has 0 radical (unpaired) electrons. The molecule has 3 aromatic rings. The number of pyridine rings is 1. The molecule has 1 amide bonds. The molecule has 1 heterocycles. The maximum atomic E-state index is 12.8. The summed E-state index contributed by atoms with van der Waals surface area (Å²) in [6.07, 6.45) is -4.61. The van der Waals surface area contributed by atoms with Gasteiger partial charge in [-0.1, -0.05) is 29.8 Å². The molecule has 0 fully saturated rings. The van der Waals surface area contributed by atoms with Crippen LogP contribution >= 0.6 is 11.6 Å². The number of anilines is 1. The highest BCUT2D eigenvalue weighted by Gasteiger charge is 2.31. The number of hydrogen-bond donors (Lipinski definition) is 2. The van der Waals surface area contributed by atoms with Gasteiger partial charge in [0.25, 0.3) is 5.91 Å². The van der Waals surface area contributed by atoms with E-state index >= 15 is 0 Å². The van der Waals surface area contributed by atoms with Crippen LogP contribution in [0.15, 0.2) is 53.3 Å². The number of esters is 1. The molecular weight excluding hydrogens is 413 g/mol. The summed E-state index contributed by atoms with van der Waals surface area (Å²) in [4.78, 5) is 38.5. The van der Waals surface area contributed by atoms with E-state index in [2.05, 4.69) is 10.3 Å². The summed E-state index contributed by atoms with van der Waals surface area (Å²) in [6.45, 7) is -0.785. The number of nitrogens with one attached hydrogen (secondary N) is 2. The molecule has 29 heavy (non-hydrogen) atoms. The first-order valence-electron chi connectivity index (χ1n) is 8.11. The summed E-state index contributed by atoms with van der Waals surface area (Å²) in [7, 11) is 0. The lowest BCUT2D eigenvalue weighted by atomic mass is 10.1. The van der Waals surface area contributed by atoms with Crippen molar-refractivity contribution in [3.05, 3.63) is 75.0 Å². The number of carbonyl (C=O) groups is 2. The Labute approximate surface area is 166 Å². The van der Waals surface area contributed by atoms with Gasteiger partial charge in [0, 0.05) is 17.0 Å². The Morgan fingerprint density at radius 1 is 1.10 bits per heavy atom. The van der Waals surface area contributed by atoms with Crippen LogP contribution in [0.5, 0.6) is 0 Å². The number of benzene rings is 2. The fourth-order valence-electron chi connectivity index (χ4n) is 2.57. The van der Waals surface area contributed by atoms with Crippen LogP contribution < -0.4 is 10.9 Å². The van der Waals surface area contributed by atoms with E-state index in [0.29, 0.717) is 17.0 Å². The maximum absolute atomic E-state index is 12.8. The third kappa shape index (κ3) is 4.75. The van der Waals surface area contributed by atoms with Gasteiger partial charge in [0.1, 0.15) is 0 Å². The topological polar surface area (TPSA) is 88.3 Å². The van der Waals surface area contributed by atoms with Crippen molar-refractivity contribution in [2.45, 2.75) is 6.18 Å². The zero-order valence-corrected chi connectivity index (χ0v) is 15.2. The molecule has 0 atom stereocenters. The van der Waals surface area contributed by atoms with Crippen molar-refractivity contribution < 1.29 is 27.5 Å². The number of amides is 1. The van der Waals surface area contributed by atoms with Gasteiger partial charge in [-0.15, -0.1) is 0 Å². The summed E-state index contributed by atoms with van der Waals surface area (Å²) in [6, 6.07) is 9.97. The lowest BCUT2D eigenvalue weighted by Crippen LogP contribution is -2.22. The van der Waals surface area contributed by atoms with E-state index in [1.165, 1.54) is 0 Å². The normalized spacial score (nSPS) is 11.3. The predicted molar refractivity (Wildman–Crippen MR) is 99.9 cm³/mol. The SMILES string of the molecule is O=C(COC(=O)c1cc(=O)[nH]c2ccccc12)Nc1cc(C(F)(F)F)ccc1Cl. The van der Waals surface area contributed by atoms with E-state index in [1.807, 2.05) is 0 Å². The van der Waals surface area contributed by atoms with Gasteiger partial charge in [-0.25, -0.2) is 4.79 Å². The Bertz CT molecular complexity index is 1160. The Hall–Kier alpha value is -3.33. The van der Waals surface area contributed by atoms with Crippen LogP contribution in [-0.4, -0.2) is 23.5 Å². The summed E-state index contributed by atoms with van der Waals surface area (Å²) < 4.78 is 43.3. The fraction of sp³-hybridized carbons (Fsp3) is 0.105. The van der Waals surface area contributed by atoms with Crippen molar-refractivity contribution in [1.29, 1.82) is 0 Å². The molecule has 0 saturated carbocycles. The van der Waals surface area contributed by atoms with Gasteiger partial charge in [0.15, 0.2) is 6.61 Å². The molecule has 6 nitrogen and oxygen atoms in total. The standard InChI is InChI=1S/C19H12ClF3N2O4/c20-13-6-5-10(19(21,22)23)7-15(13)25-17(27)9-29-18(28)12-8-16(26)24-14-4-2-1-3-11(12)14/h1-8H,9H2,(H,24,26)(H,25,27). The van der Waals surface area contributed by atoms with E-state index in [9.17, 15) is 27.6 Å². The highest BCUT2D eigenvalue weighted by atomic mass is 35.5. The number of carbonyl (C=O) groups excluding carboxylic acids is 2. The van der Waals surface area contributed by atoms with E-state index in [0.717, 1.165) is 18.2 Å². The zero-order chi connectivity index (χ0) is 21.2. The van der Waals surface area contributed by atoms with Crippen LogP contribution in [0, 0.1) is 0 Å². The zero-order valence-electron chi connectivity index (χ0n) is 14.5. The third-order valence-corrected chi connectivity index (χ3v) is 4.20. The molecule has 0 bridgehead atoms. The number of rotatable bonds is 4. The number of hydrogen-bond acceptors (Lipinski definition) is 4. The molecule has 3 rings (SSSR count). The summed E-state index contributed by atoms with van der Waals surface area (Å²) in [5, 5.41) is 2.46.